The van der Waals surface area contributed by atoms with Crippen molar-refractivity contribution in [1.82, 2.24) is 0 Å². The first-order chi connectivity index (χ1) is 5.15. The first-order valence-electron chi connectivity index (χ1n) is 2.98. The molecule has 0 saturated carbocycles. The maximum absolute atomic E-state index is 5.88. The molecule has 0 heterocycles. The second-order valence-corrected chi connectivity index (χ2v) is 3.73. The molecule has 1 aromatic rings. The zero-order valence-corrected chi connectivity index (χ0v) is 8.67. The third kappa shape index (κ3) is 2.09. The van der Waals surface area contributed by atoms with Crippen LogP contribution in [-0.2, 0) is 6.54 Å². The fourth-order valence-electron chi connectivity index (χ4n) is 0.758. The number of nitrogens with two attached hydrogens (primary N) is 1. The molecule has 2 N–H and O–H groups in total. The van der Waals surface area contributed by atoms with Crippen molar-refractivity contribution in [3.8, 4) is 0 Å². The SMILES string of the molecule is NCc1cc(Cl)cc(Br)c1Cl. The van der Waals surface area contributed by atoms with E-state index in [1.807, 2.05) is 0 Å². The smallest absolute Gasteiger partial charge is 0.0593 e. The van der Waals surface area contributed by atoms with Crippen LogP contribution in [0.5, 0.6) is 0 Å². The van der Waals surface area contributed by atoms with Crippen LogP contribution in [-0.4, -0.2) is 0 Å². The van der Waals surface area contributed by atoms with Gasteiger partial charge in [-0.3, -0.25) is 0 Å². The average Bonchev–Trinajstić information content (AvgIpc) is 1.96. The molecule has 1 nitrogen and oxygen atoms in total. The largest absolute Gasteiger partial charge is 0.326 e. The molecule has 0 aliphatic heterocycles. The molecule has 0 fully saturated rings. The first-order valence-corrected chi connectivity index (χ1v) is 4.53. The monoisotopic (exact) mass is 253 g/mol. The van der Waals surface area contributed by atoms with Gasteiger partial charge in [0, 0.05) is 16.0 Å². The maximum atomic E-state index is 5.88. The van der Waals surface area contributed by atoms with Crippen molar-refractivity contribution in [3.63, 3.8) is 0 Å². The van der Waals surface area contributed by atoms with Gasteiger partial charge in [-0.25, -0.2) is 0 Å². The van der Waals surface area contributed by atoms with Crippen molar-refractivity contribution in [2.24, 2.45) is 5.73 Å². The first kappa shape index (κ1) is 9.33. The Balaban J connectivity index is 3.24. The van der Waals surface area contributed by atoms with E-state index in [1.54, 1.807) is 12.1 Å². The highest BCUT2D eigenvalue weighted by molar-refractivity contribution is 9.10. The van der Waals surface area contributed by atoms with E-state index in [2.05, 4.69) is 15.9 Å². The van der Waals surface area contributed by atoms with E-state index in [0.29, 0.717) is 16.6 Å². The zero-order valence-electron chi connectivity index (χ0n) is 5.57. The van der Waals surface area contributed by atoms with Crippen LogP contribution in [0.4, 0.5) is 0 Å². The second-order valence-electron chi connectivity index (χ2n) is 2.06. The van der Waals surface area contributed by atoms with Gasteiger partial charge >= 0.3 is 0 Å². The van der Waals surface area contributed by atoms with Crippen LogP contribution in [0.15, 0.2) is 16.6 Å². The minimum Gasteiger partial charge on any atom is -0.326 e. The number of hydrogen-bond donors (Lipinski definition) is 1. The normalized spacial score (nSPS) is 10.2. The molecule has 0 unspecified atom stereocenters. The quantitative estimate of drug-likeness (QED) is 0.766. The van der Waals surface area contributed by atoms with Gasteiger partial charge in [0.25, 0.3) is 0 Å². The van der Waals surface area contributed by atoms with Gasteiger partial charge in [-0.15, -0.1) is 0 Å². The highest BCUT2D eigenvalue weighted by Crippen LogP contribution is 2.29. The molecule has 0 amide bonds. The van der Waals surface area contributed by atoms with Crippen LogP contribution >= 0.6 is 39.1 Å². The molecule has 60 valence electrons. The van der Waals surface area contributed by atoms with Crippen LogP contribution in [0, 0.1) is 0 Å². The van der Waals surface area contributed by atoms with Crippen molar-refractivity contribution in [2.75, 3.05) is 0 Å². The van der Waals surface area contributed by atoms with Crippen molar-refractivity contribution in [1.29, 1.82) is 0 Å². The van der Waals surface area contributed by atoms with Crippen molar-refractivity contribution < 1.29 is 0 Å². The van der Waals surface area contributed by atoms with Gasteiger partial charge in [0.15, 0.2) is 0 Å². The van der Waals surface area contributed by atoms with E-state index in [4.69, 9.17) is 28.9 Å². The minimum atomic E-state index is 0.401. The predicted molar refractivity (Wildman–Crippen MR) is 52.1 cm³/mol. The maximum Gasteiger partial charge on any atom is 0.0593 e. The molecule has 0 saturated heterocycles. The van der Waals surface area contributed by atoms with Gasteiger partial charge in [0.1, 0.15) is 0 Å². The van der Waals surface area contributed by atoms with Crippen LogP contribution in [0.2, 0.25) is 10.0 Å². The highest BCUT2D eigenvalue weighted by atomic mass is 79.9. The van der Waals surface area contributed by atoms with E-state index < -0.39 is 0 Å². The summed E-state index contributed by atoms with van der Waals surface area (Å²) in [5.41, 5.74) is 6.28. The molecule has 0 bridgehead atoms. The fraction of sp³-hybridized carbons (Fsp3) is 0.143. The molecule has 0 atom stereocenters. The molecule has 4 heteroatoms. The number of rotatable bonds is 1. The summed E-state index contributed by atoms with van der Waals surface area (Å²) in [7, 11) is 0. The summed E-state index contributed by atoms with van der Waals surface area (Å²) in [6, 6.07) is 3.50. The summed E-state index contributed by atoms with van der Waals surface area (Å²) in [6.07, 6.45) is 0. The van der Waals surface area contributed by atoms with Gasteiger partial charge in [-0.05, 0) is 33.6 Å². The molecule has 1 rings (SSSR count). The second kappa shape index (κ2) is 3.76. The Labute approximate surface area is 83.6 Å². The Morgan fingerprint density at radius 3 is 2.55 bits per heavy atom. The minimum absolute atomic E-state index is 0.401. The highest BCUT2D eigenvalue weighted by Gasteiger charge is 2.03. The van der Waals surface area contributed by atoms with Crippen molar-refractivity contribution in [3.05, 3.63) is 32.2 Å². The van der Waals surface area contributed by atoms with Crippen LogP contribution < -0.4 is 5.73 Å². The molecule has 0 aromatic heterocycles. The van der Waals surface area contributed by atoms with E-state index in [0.717, 1.165) is 10.0 Å². The van der Waals surface area contributed by atoms with Crippen LogP contribution in [0.3, 0.4) is 0 Å². The van der Waals surface area contributed by atoms with E-state index in [9.17, 15) is 0 Å². The Morgan fingerprint density at radius 2 is 2.00 bits per heavy atom. The summed E-state index contributed by atoms with van der Waals surface area (Å²) in [5, 5.41) is 1.28. The van der Waals surface area contributed by atoms with E-state index in [1.165, 1.54) is 0 Å². The van der Waals surface area contributed by atoms with Gasteiger partial charge in [0.2, 0.25) is 0 Å². The summed E-state index contributed by atoms with van der Waals surface area (Å²) in [6.45, 7) is 0.401. The number of benzene rings is 1. The number of halogens is 3. The van der Waals surface area contributed by atoms with Gasteiger partial charge in [-0.2, -0.15) is 0 Å². The molecule has 0 aliphatic carbocycles. The lowest BCUT2D eigenvalue weighted by Crippen LogP contribution is -1.97. The van der Waals surface area contributed by atoms with Crippen molar-refractivity contribution >= 4 is 39.1 Å². The third-order valence-corrected chi connectivity index (χ3v) is 2.81. The van der Waals surface area contributed by atoms with E-state index >= 15 is 0 Å². The average molecular weight is 255 g/mol. The Morgan fingerprint density at radius 1 is 1.36 bits per heavy atom. The third-order valence-electron chi connectivity index (χ3n) is 1.29. The molecule has 0 spiro atoms. The van der Waals surface area contributed by atoms with Gasteiger partial charge in [-0.1, -0.05) is 23.2 Å². The molecular weight excluding hydrogens is 249 g/mol. The molecule has 0 radical (unpaired) electrons. The topological polar surface area (TPSA) is 26.0 Å². The van der Waals surface area contributed by atoms with E-state index in [-0.39, 0.29) is 0 Å². The lowest BCUT2D eigenvalue weighted by atomic mass is 10.2. The van der Waals surface area contributed by atoms with Crippen molar-refractivity contribution in [2.45, 2.75) is 6.54 Å². The van der Waals surface area contributed by atoms with Crippen LogP contribution in [0.25, 0.3) is 0 Å². The fourth-order valence-corrected chi connectivity index (χ4v) is 1.82. The zero-order chi connectivity index (χ0) is 8.43. The lowest BCUT2D eigenvalue weighted by molar-refractivity contribution is 1.07. The predicted octanol–water partition coefficient (Wildman–Crippen LogP) is 3.21. The Hall–Kier alpha value is 0.240. The molecular formula is C7H6BrCl2N. The van der Waals surface area contributed by atoms with Crippen LogP contribution in [0.1, 0.15) is 5.56 Å². The molecule has 11 heavy (non-hydrogen) atoms. The van der Waals surface area contributed by atoms with Gasteiger partial charge < -0.3 is 5.73 Å². The standard InChI is InChI=1S/C7H6BrCl2N/c8-6-2-5(9)1-4(3-11)7(6)10/h1-2H,3,11H2. The summed E-state index contributed by atoms with van der Waals surface area (Å²) in [5.74, 6) is 0. The summed E-state index contributed by atoms with van der Waals surface area (Å²) < 4.78 is 0.784. The number of hydrogen-bond acceptors (Lipinski definition) is 1. The van der Waals surface area contributed by atoms with Gasteiger partial charge in [0.05, 0.1) is 5.02 Å². The Kier molecular flexibility index (Phi) is 3.19. The summed E-state index contributed by atoms with van der Waals surface area (Å²) >= 11 is 14.9. The Bertz CT molecular complexity index is 275. The molecule has 1 aromatic carbocycles. The summed E-state index contributed by atoms with van der Waals surface area (Å²) in [4.78, 5) is 0. The molecule has 0 aliphatic rings. The lowest BCUT2D eigenvalue weighted by Gasteiger charge is -2.03.